The molecule has 27 heavy (non-hydrogen) atoms. The van der Waals surface area contributed by atoms with Crippen LogP contribution in [0.5, 0.6) is 0 Å². The molecule has 7 heteroatoms. The Hall–Kier alpha value is -2.28. The summed E-state index contributed by atoms with van der Waals surface area (Å²) in [5, 5.41) is 5.67. The van der Waals surface area contributed by atoms with Gasteiger partial charge >= 0.3 is 12.1 Å². The van der Waals surface area contributed by atoms with E-state index in [1.165, 1.54) is 0 Å². The molecule has 2 aliphatic rings. The number of anilines is 2. The zero-order valence-electron chi connectivity index (χ0n) is 16.2. The summed E-state index contributed by atoms with van der Waals surface area (Å²) >= 11 is 0. The first kappa shape index (κ1) is 19.5. The molecule has 1 aliphatic carbocycles. The molecular formula is C20H30N4O3. The maximum Gasteiger partial charge on any atom is 0.411 e. The molecule has 0 bridgehead atoms. The van der Waals surface area contributed by atoms with Gasteiger partial charge in [0.05, 0.1) is 6.61 Å². The topological polar surface area (TPSA) is 73.9 Å². The average Bonchev–Trinajstić information content (AvgIpc) is 3.49. The van der Waals surface area contributed by atoms with Crippen LogP contribution in [0.4, 0.5) is 21.0 Å². The van der Waals surface area contributed by atoms with Crippen molar-refractivity contribution in [3.05, 3.63) is 24.3 Å². The van der Waals surface area contributed by atoms with Crippen LogP contribution in [-0.2, 0) is 4.74 Å². The molecule has 1 aliphatic heterocycles. The van der Waals surface area contributed by atoms with E-state index in [9.17, 15) is 9.59 Å². The Kier molecular flexibility index (Phi) is 6.55. The van der Waals surface area contributed by atoms with Gasteiger partial charge in [0, 0.05) is 36.5 Å². The maximum atomic E-state index is 12.9. The lowest BCUT2D eigenvalue weighted by atomic mass is 10.0. The van der Waals surface area contributed by atoms with Gasteiger partial charge in [-0.1, -0.05) is 6.92 Å². The fraction of sp³-hybridized carbons (Fsp3) is 0.600. The van der Waals surface area contributed by atoms with E-state index in [0.29, 0.717) is 24.4 Å². The minimum Gasteiger partial charge on any atom is -0.450 e. The van der Waals surface area contributed by atoms with E-state index in [1.807, 2.05) is 0 Å². The molecule has 7 nitrogen and oxygen atoms in total. The summed E-state index contributed by atoms with van der Waals surface area (Å²) < 4.78 is 4.86. The van der Waals surface area contributed by atoms with Crippen LogP contribution < -0.4 is 10.6 Å². The van der Waals surface area contributed by atoms with Crippen LogP contribution in [0.3, 0.4) is 0 Å². The van der Waals surface area contributed by atoms with Gasteiger partial charge in [-0.3, -0.25) is 5.32 Å². The number of benzene rings is 1. The number of nitrogens with zero attached hydrogens (tertiary/aromatic N) is 2. The molecule has 3 amide bonds. The molecule has 1 saturated carbocycles. The van der Waals surface area contributed by atoms with Crippen LogP contribution >= 0.6 is 0 Å². The Morgan fingerprint density at radius 1 is 1.00 bits per heavy atom. The van der Waals surface area contributed by atoms with Gasteiger partial charge in [0.15, 0.2) is 0 Å². The Morgan fingerprint density at radius 3 is 2.07 bits per heavy atom. The highest BCUT2D eigenvalue weighted by Crippen LogP contribution is 2.32. The van der Waals surface area contributed by atoms with E-state index in [0.717, 1.165) is 51.0 Å². The van der Waals surface area contributed by atoms with Gasteiger partial charge in [-0.15, -0.1) is 0 Å². The minimum absolute atomic E-state index is 0.0152. The van der Waals surface area contributed by atoms with Gasteiger partial charge in [-0.2, -0.15) is 0 Å². The van der Waals surface area contributed by atoms with E-state index in [4.69, 9.17) is 4.74 Å². The number of nitrogens with one attached hydrogen (secondary N) is 2. The zero-order valence-corrected chi connectivity index (χ0v) is 16.2. The summed E-state index contributed by atoms with van der Waals surface area (Å²) in [6.07, 6.45) is 3.81. The Bertz CT molecular complexity index is 637. The predicted octanol–water partition coefficient (Wildman–Crippen LogP) is 3.74. The van der Waals surface area contributed by atoms with Crippen molar-refractivity contribution in [1.82, 2.24) is 9.80 Å². The molecule has 0 unspecified atom stereocenters. The maximum absolute atomic E-state index is 12.9. The number of hydrogen-bond donors (Lipinski definition) is 2. The van der Waals surface area contributed by atoms with Gasteiger partial charge < -0.3 is 19.9 Å². The number of amides is 3. The molecule has 1 aromatic rings. The van der Waals surface area contributed by atoms with E-state index in [2.05, 4.69) is 27.4 Å². The smallest absolute Gasteiger partial charge is 0.411 e. The highest BCUT2D eigenvalue weighted by atomic mass is 16.5. The number of hydrogen-bond acceptors (Lipinski definition) is 4. The Balaban J connectivity index is 1.57. The summed E-state index contributed by atoms with van der Waals surface area (Å²) in [6.45, 7) is 7.47. The van der Waals surface area contributed by atoms with Crippen LogP contribution in [0.1, 0.15) is 39.5 Å². The first-order valence-electron chi connectivity index (χ1n) is 9.96. The summed E-state index contributed by atoms with van der Waals surface area (Å²) in [4.78, 5) is 28.9. The standard InChI is InChI=1S/C20H30N4O3/c1-3-23-13-11-18(12-14-23)24(17-9-10-17)19(25)21-15-5-7-16(8-6-15)22-20(26)27-4-2/h5-8,17-18H,3-4,9-14H2,1-2H3,(H,21,25)(H,22,26). The first-order chi connectivity index (χ1) is 13.1. The number of likely N-dealkylation sites (tertiary alicyclic amines) is 1. The predicted molar refractivity (Wildman–Crippen MR) is 106 cm³/mol. The number of piperidine rings is 1. The number of carbonyl (C=O) groups excluding carboxylic acids is 2. The molecule has 1 saturated heterocycles. The van der Waals surface area contributed by atoms with Gasteiger partial charge in [0.1, 0.15) is 0 Å². The zero-order chi connectivity index (χ0) is 19.2. The molecular weight excluding hydrogens is 344 g/mol. The number of carbonyl (C=O) groups is 2. The van der Waals surface area contributed by atoms with Crippen LogP contribution in [0.25, 0.3) is 0 Å². The summed E-state index contributed by atoms with van der Waals surface area (Å²) in [5.74, 6) is 0. The van der Waals surface area contributed by atoms with Crippen LogP contribution in [-0.4, -0.2) is 60.2 Å². The van der Waals surface area contributed by atoms with E-state index in [1.54, 1.807) is 31.2 Å². The van der Waals surface area contributed by atoms with Crippen molar-refractivity contribution in [3.63, 3.8) is 0 Å². The third-order valence-electron chi connectivity index (χ3n) is 5.23. The molecule has 148 valence electrons. The molecule has 0 aromatic heterocycles. The van der Waals surface area contributed by atoms with Crippen LogP contribution in [0.2, 0.25) is 0 Å². The SMILES string of the molecule is CCOC(=O)Nc1ccc(NC(=O)N(C2CC2)C2CCN(CC)CC2)cc1. The minimum atomic E-state index is -0.479. The van der Waals surface area contributed by atoms with Crippen LogP contribution in [0, 0.1) is 0 Å². The van der Waals surface area contributed by atoms with Crippen molar-refractivity contribution in [1.29, 1.82) is 0 Å². The van der Waals surface area contributed by atoms with Crippen LogP contribution in [0.15, 0.2) is 24.3 Å². The van der Waals surface area contributed by atoms with Gasteiger partial charge in [-0.25, -0.2) is 9.59 Å². The summed E-state index contributed by atoms with van der Waals surface area (Å²) in [6, 6.07) is 7.80. The Labute approximate surface area is 161 Å². The van der Waals surface area contributed by atoms with Gasteiger partial charge in [0.2, 0.25) is 0 Å². The van der Waals surface area contributed by atoms with E-state index in [-0.39, 0.29) is 6.03 Å². The monoisotopic (exact) mass is 374 g/mol. The molecule has 0 radical (unpaired) electrons. The number of rotatable bonds is 6. The third kappa shape index (κ3) is 5.35. The fourth-order valence-corrected chi connectivity index (χ4v) is 3.61. The van der Waals surface area contributed by atoms with Crippen molar-refractivity contribution < 1.29 is 14.3 Å². The number of urea groups is 1. The van der Waals surface area contributed by atoms with E-state index >= 15 is 0 Å². The Morgan fingerprint density at radius 2 is 1.56 bits per heavy atom. The summed E-state index contributed by atoms with van der Waals surface area (Å²) in [7, 11) is 0. The fourth-order valence-electron chi connectivity index (χ4n) is 3.61. The second-order valence-corrected chi connectivity index (χ2v) is 7.16. The van der Waals surface area contributed by atoms with Gasteiger partial charge in [-0.05, 0) is 63.4 Å². The molecule has 2 fully saturated rings. The van der Waals surface area contributed by atoms with Crippen molar-refractivity contribution in [2.24, 2.45) is 0 Å². The van der Waals surface area contributed by atoms with Crippen molar-refractivity contribution in [3.8, 4) is 0 Å². The average molecular weight is 374 g/mol. The van der Waals surface area contributed by atoms with Crippen molar-refractivity contribution in [2.45, 2.75) is 51.6 Å². The lowest BCUT2D eigenvalue weighted by Crippen LogP contribution is -2.49. The first-order valence-corrected chi connectivity index (χ1v) is 9.96. The molecule has 0 atom stereocenters. The quantitative estimate of drug-likeness (QED) is 0.796. The molecule has 1 aromatic carbocycles. The molecule has 2 N–H and O–H groups in total. The van der Waals surface area contributed by atoms with Gasteiger partial charge in [0.25, 0.3) is 0 Å². The molecule has 1 heterocycles. The lowest BCUT2D eigenvalue weighted by molar-refractivity contribution is 0.126. The molecule has 0 spiro atoms. The second-order valence-electron chi connectivity index (χ2n) is 7.16. The highest BCUT2D eigenvalue weighted by molar-refractivity contribution is 5.91. The van der Waals surface area contributed by atoms with Crippen molar-refractivity contribution in [2.75, 3.05) is 36.9 Å². The third-order valence-corrected chi connectivity index (χ3v) is 5.23. The normalized spacial score (nSPS) is 18.0. The van der Waals surface area contributed by atoms with Crippen molar-refractivity contribution >= 4 is 23.5 Å². The second kappa shape index (κ2) is 9.08. The van der Waals surface area contributed by atoms with E-state index < -0.39 is 6.09 Å². The number of ether oxygens (including phenoxy) is 1. The largest absolute Gasteiger partial charge is 0.450 e. The molecule has 3 rings (SSSR count). The summed E-state index contributed by atoms with van der Waals surface area (Å²) in [5.41, 5.74) is 1.36. The lowest BCUT2D eigenvalue weighted by Gasteiger charge is -2.38. The highest BCUT2D eigenvalue weighted by Gasteiger charge is 2.38.